The Labute approximate surface area is 353 Å². The Bertz CT molecular complexity index is 3570. The minimum Gasteiger partial charge on any atom is -0.456 e. The van der Waals surface area contributed by atoms with E-state index >= 15 is 0 Å². The number of hydrogen-bond acceptors (Lipinski definition) is 2. The van der Waals surface area contributed by atoms with Gasteiger partial charge < -0.3 is 13.9 Å². The smallest absolute Gasteiger partial charge is 0.138 e. The number of benzene rings is 10. The van der Waals surface area contributed by atoms with Gasteiger partial charge in [-0.25, -0.2) is 0 Å². The highest BCUT2D eigenvalue weighted by Crippen LogP contribution is 2.48. The molecular weight excluding hydrogens is 741 g/mol. The molecule has 2 heterocycles. The first-order valence-electron chi connectivity index (χ1n) is 20.8. The third kappa shape index (κ3) is 5.82. The van der Waals surface area contributed by atoms with Gasteiger partial charge in [-0.05, 0) is 93.2 Å². The summed E-state index contributed by atoms with van der Waals surface area (Å²) in [6.45, 7) is 0. The van der Waals surface area contributed by atoms with Gasteiger partial charge in [0.05, 0.1) is 22.4 Å². The molecule has 0 fully saturated rings. The third-order valence-corrected chi connectivity index (χ3v) is 12.2. The molecule has 0 saturated heterocycles. The second-order valence-corrected chi connectivity index (χ2v) is 15.7. The van der Waals surface area contributed by atoms with Crippen molar-refractivity contribution in [3.8, 4) is 39.1 Å². The molecule has 0 bridgehead atoms. The molecule has 12 rings (SSSR count). The van der Waals surface area contributed by atoms with Crippen molar-refractivity contribution in [3.05, 3.63) is 231 Å². The van der Waals surface area contributed by atoms with Gasteiger partial charge in [0, 0.05) is 44.5 Å². The van der Waals surface area contributed by atoms with Crippen molar-refractivity contribution in [3.63, 3.8) is 0 Å². The van der Waals surface area contributed by atoms with Crippen LogP contribution in [0.2, 0.25) is 0 Å². The minimum absolute atomic E-state index is 0.839. The van der Waals surface area contributed by atoms with E-state index in [1.807, 2.05) is 0 Å². The second kappa shape index (κ2) is 14.3. The SMILES string of the molecule is c1ccc(-c2ccc(N(c3cc(-c4ccc5c6ccccc6n(-c6ccccc6)c5c4)c4c(c3)oc3ccc5ccccc5c34)c3ccccc3-c3ccccc3)cc2)cc1. The number of furan rings is 1. The summed E-state index contributed by atoms with van der Waals surface area (Å²) < 4.78 is 9.37. The molecule has 0 N–H and O–H groups in total. The summed E-state index contributed by atoms with van der Waals surface area (Å²) in [6, 6.07) is 82.8. The zero-order chi connectivity index (χ0) is 40.3. The van der Waals surface area contributed by atoms with Crippen LogP contribution in [0.3, 0.4) is 0 Å². The van der Waals surface area contributed by atoms with E-state index in [-0.39, 0.29) is 0 Å². The minimum atomic E-state index is 0.839. The molecule has 0 radical (unpaired) electrons. The number of rotatable bonds is 7. The Hall–Kier alpha value is -8.14. The van der Waals surface area contributed by atoms with E-state index in [0.717, 1.165) is 72.5 Å². The summed E-state index contributed by atoms with van der Waals surface area (Å²) in [7, 11) is 0. The van der Waals surface area contributed by atoms with E-state index in [4.69, 9.17) is 4.42 Å². The molecule has 3 heteroatoms. The molecule has 0 spiro atoms. The van der Waals surface area contributed by atoms with Crippen LogP contribution < -0.4 is 4.90 Å². The predicted octanol–water partition coefficient (Wildman–Crippen LogP) is 16.3. The number of nitrogens with zero attached hydrogens (tertiary/aromatic N) is 2. The molecule has 12 aromatic rings. The maximum Gasteiger partial charge on any atom is 0.138 e. The molecule has 0 atom stereocenters. The van der Waals surface area contributed by atoms with E-state index in [9.17, 15) is 0 Å². The molecule has 10 aromatic carbocycles. The van der Waals surface area contributed by atoms with Gasteiger partial charge in [-0.2, -0.15) is 0 Å². The lowest BCUT2D eigenvalue weighted by atomic mass is 9.94. The number of aromatic nitrogens is 1. The highest BCUT2D eigenvalue weighted by atomic mass is 16.3. The molecule has 0 unspecified atom stereocenters. The molecule has 61 heavy (non-hydrogen) atoms. The number of fused-ring (bicyclic) bond motifs is 8. The lowest BCUT2D eigenvalue weighted by molar-refractivity contribution is 0.669. The summed E-state index contributed by atoms with van der Waals surface area (Å²) >= 11 is 0. The fourth-order valence-electron chi connectivity index (χ4n) is 9.39. The topological polar surface area (TPSA) is 21.3 Å². The molecule has 0 aliphatic rings. The van der Waals surface area contributed by atoms with Gasteiger partial charge in [-0.1, -0.05) is 170 Å². The van der Waals surface area contributed by atoms with Crippen LogP contribution in [0.5, 0.6) is 0 Å². The fraction of sp³-hybridized carbons (Fsp3) is 0. The lowest BCUT2D eigenvalue weighted by Gasteiger charge is -2.28. The van der Waals surface area contributed by atoms with Crippen molar-refractivity contribution < 1.29 is 4.42 Å². The first-order chi connectivity index (χ1) is 30.3. The quantitative estimate of drug-likeness (QED) is 0.161. The molecule has 0 aliphatic heterocycles. The van der Waals surface area contributed by atoms with Gasteiger partial charge in [0.2, 0.25) is 0 Å². The van der Waals surface area contributed by atoms with Crippen LogP contribution in [0, 0.1) is 0 Å². The molecular formula is C58H38N2O. The summed E-state index contributed by atoms with van der Waals surface area (Å²) in [5.41, 5.74) is 15.2. The van der Waals surface area contributed by atoms with Crippen LogP contribution >= 0.6 is 0 Å². The zero-order valence-electron chi connectivity index (χ0n) is 33.2. The van der Waals surface area contributed by atoms with E-state index in [1.54, 1.807) is 0 Å². The Morgan fingerprint density at radius 2 is 0.967 bits per heavy atom. The lowest BCUT2D eigenvalue weighted by Crippen LogP contribution is -2.11. The number of para-hydroxylation sites is 3. The summed E-state index contributed by atoms with van der Waals surface area (Å²) in [6.07, 6.45) is 0. The normalized spacial score (nSPS) is 11.6. The highest BCUT2D eigenvalue weighted by Gasteiger charge is 2.23. The van der Waals surface area contributed by atoms with E-state index in [1.165, 1.54) is 38.2 Å². The number of hydrogen-bond donors (Lipinski definition) is 0. The fourth-order valence-corrected chi connectivity index (χ4v) is 9.39. The molecule has 0 aliphatic carbocycles. The molecule has 286 valence electrons. The van der Waals surface area contributed by atoms with E-state index in [0.29, 0.717) is 0 Å². The standard InChI is InChI=1S/C58H38N2O/c1-4-16-39(17-5-1)40-28-32-45(33-29-40)59(52-26-14-12-23-47(52)41-18-6-2-7-19-41)46-37-51(58-56(38-46)61-55-35-31-42-20-10-11-24-48(42)57(55)58)43-30-34-50-49-25-13-15-27-53(49)60(54(50)36-43)44-21-8-3-9-22-44/h1-38H. The van der Waals surface area contributed by atoms with Crippen molar-refractivity contribution in [1.82, 2.24) is 4.57 Å². The van der Waals surface area contributed by atoms with Crippen LogP contribution in [0.25, 0.3) is 93.6 Å². The van der Waals surface area contributed by atoms with Crippen LogP contribution in [0.15, 0.2) is 235 Å². The van der Waals surface area contributed by atoms with Crippen molar-refractivity contribution in [1.29, 1.82) is 0 Å². The molecule has 0 amide bonds. The molecule has 3 nitrogen and oxygen atoms in total. The third-order valence-electron chi connectivity index (χ3n) is 12.2. The average Bonchev–Trinajstić information content (AvgIpc) is 3.88. The summed E-state index contributed by atoms with van der Waals surface area (Å²) in [5, 5.41) is 7.04. The largest absolute Gasteiger partial charge is 0.456 e. The van der Waals surface area contributed by atoms with Gasteiger partial charge in [0.15, 0.2) is 0 Å². The number of anilines is 3. The first-order valence-corrected chi connectivity index (χ1v) is 20.8. The summed E-state index contributed by atoms with van der Waals surface area (Å²) in [4.78, 5) is 2.39. The van der Waals surface area contributed by atoms with E-state index in [2.05, 4.69) is 240 Å². The van der Waals surface area contributed by atoms with Gasteiger partial charge in [0.25, 0.3) is 0 Å². The van der Waals surface area contributed by atoms with E-state index < -0.39 is 0 Å². The Kier molecular flexibility index (Phi) is 8.17. The van der Waals surface area contributed by atoms with Gasteiger partial charge in [0.1, 0.15) is 11.2 Å². The van der Waals surface area contributed by atoms with Gasteiger partial charge in [-0.3, -0.25) is 0 Å². The van der Waals surface area contributed by atoms with Crippen molar-refractivity contribution in [2.45, 2.75) is 0 Å². The Morgan fingerprint density at radius 3 is 1.77 bits per heavy atom. The zero-order valence-corrected chi connectivity index (χ0v) is 33.2. The van der Waals surface area contributed by atoms with Gasteiger partial charge in [-0.15, -0.1) is 0 Å². The van der Waals surface area contributed by atoms with Crippen LogP contribution in [-0.2, 0) is 0 Å². The van der Waals surface area contributed by atoms with Crippen molar-refractivity contribution >= 4 is 71.6 Å². The van der Waals surface area contributed by atoms with Crippen LogP contribution in [0.1, 0.15) is 0 Å². The molecule has 0 saturated carbocycles. The molecule has 2 aromatic heterocycles. The predicted molar refractivity (Wildman–Crippen MR) is 257 cm³/mol. The highest BCUT2D eigenvalue weighted by molar-refractivity contribution is 6.24. The Balaban J connectivity index is 1.16. The second-order valence-electron chi connectivity index (χ2n) is 15.7. The first kappa shape index (κ1) is 34.9. The average molecular weight is 779 g/mol. The Morgan fingerprint density at radius 1 is 0.344 bits per heavy atom. The van der Waals surface area contributed by atoms with Crippen LogP contribution in [-0.4, -0.2) is 4.57 Å². The van der Waals surface area contributed by atoms with Crippen molar-refractivity contribution in [2.24, 2.45) is 0 Å². The maximum atomic E-state index is 6.97. The van der Waals surface area contributed by atoms with Crippen molar-refractivity contribution in [2.75, 3.05) is 4.90 Å². The van der Waals surface area contributed by atoms with Gasteiger partial charge >= 0.3 is 0 Å². The summed E-state index contributed by atoms with van der Waals surface area (Å²) in [5.74, 6) is 0. The monoisotopic (exact) mass is 778 g/mol. The maximum absolute atomic E-state index is 6.97. The van der Waals surface area contributed by atoms with Crippen LogP contribution in [0.4, 0.5) is 17.1 Å².